The Morgan fingerprint density at radius 1 is 1.22 bits per heavy atom. The second kappa shape index (κ2) is 6.22. The second-order valence-electron chi connectivity index (χ2n) is 5.26. The van der Waals surface area contributed by atoms with Gasteiger partial charge < -0.3 is 4.74 Å². The fourth-order valence-electron chi connectivity index (χ4n) is 2.41. The summed E-state index contributed by atoms with van der Waals surface area (Å²) >= 11 is 11.8. The van der Waals surface area contributed by atoms with Gasteiger partial charge >= 0.3 is 5.97 Å². The number of aromatic nitrogens is 2. The maximum Gasteiger partial charge on any atom is 0.357 e. The molecule has 0 aliphatic heterocycles. The lowest BCUT2D eigenvalue weighted by Gasteiger charge is -2.07. The Morgan fingerprint density at radius 3 is 2.74 bits per heavy atom. The summed E-state index contributed by atoms with van der Waals surface area (Å²) in [5, 5.41) is 0.900. The normalized spacial score (nSPS) is 11.0. The molecule has 6 heteroatoms. The van der Waals surface area contributed by atoms with Gasteiger partial charge in [0.2, 0.25) is 0 Å². The smallest absolute Gasteiger partial charge is 0.357 e. The van der Waals surface area contributed by atoms with Crippen molar-refractivity contribution in [3.05, 3.63) is 69.1 Å². The zero-order valence-electron chi connectivity index (χ0n) is 12.6. The van der Waals surface area contributed by atoms with E-state index in [4.69, 9.17) is 27.9 Å². The van der Waals surface area contributed by atoms with Crippen molar-refractivity contribution >= 4 is 34.8 Å². The molecule has 3 aromatic rings. The summed E-state index contributed by atoms with van der Waals surface area (Å²) in [5.74, 6) is -0.424. The van der Waals surface area contributed by atoms with Crippen LogP contribution in [0.3, 0.4) is 0 Å². The highest BCUT2D eigenvalue weighted by molar-refractivity contribution is 6.42. The molecule has 3 rings (SSSR count). The van der Waals surface area contributed by atoms with Gasteiger partial charge in [-0.25, -0.2) is 9.78 Å². The van der Waals surface area contributed by atoms with E-state index < -0.39 is 5.97 Å². The predicted octanol–water partition coefficient (Wildman–Crippen LogP) is 4.61. The molecule has 0 unspecified atom stereocenters. The minimum absolute atomic E-state index is 0.119. The number of hydrogen-bond acceptors (Lipinski definition) is 3. The average Bonchev–Trinajstić information content (AvgIpc) is 2.86. The number of fused-ring (bicyclic) bond motifs is 1. The van der Waals surface area contributed by atoms with Crippen LogP contribution in [0.5, 0.6) is 0 Å². The van der Waals surface area contributed by atoms with Gasteiger partial charge in [-0.1, -0.05) is 35.3 Å². The standard InChI is InChI=1S/C17H14Cl2N2O2/c1-10-4-3-7-21-15(11(2)20-16(10)21)17(22)23-9-12-5-6-13(18)14(19)8-12/h3-8H,9H2,1-2H3. The molecule has 0 radical (unpaired) electrons. The highest BCUT2D eigenvalue weighted by Gasteiger charge is 2.18. The maximum absolute atomic E-state index is 12.4. The topological polar surface area (TPSA) is 43.6 Å². The van der Waals surface area contributed by atoms with Crippen molar-refractivity contribution in [3.8, 4) is 0 Å². The van der Waals surface area contributed by atoms with Gasteiger partial charge in [-0.05, 0) is 43.2 Å². The van der Waals surface area contributed by atoms with Crippen LogP contribution in [0.2, 0.25) is 10.0 Å². The van der Waals surface area contributed by atoms with Crippen LogP contribution in [-0.4, -0.2) is 15.4 Å². The molecule has 0 spiro atoms. The molecule has 0 saturated carbocycles. The Morgan fingerprint density at radius 2 is 2.00 bits per heavy atom. The lowest BCUT2D eigenvalue weighted by atomic mass is 10.2. The first kappa shape index (κ1) is 15.8. The van der Waals surface area contributed by atoms with E-state index in [9.17, 15) is 4.79 Å². The van der Waals surface area contributed by atoms with Crippen LogP contribution >= 0.6 is 23.2 Å². The first-order valence-electron chi connectivity index (χ1n) is 7.02. The number of benzene rings is 1. The van der Waals surface area contributed by atoms with Crippen molar-refractivity contribution in [2.24, 2.45) is 0 Å². The molecule has 1 aromatic carbocycles. The number of pyridine rings is 1. The molecule has 0 atom stereocenters. The monoisotopic (exact) mass is 348 g/mol. The SMILES string of the molecule is Cc1nc2c(C)cccn2c1C(=O)OCc1ccc(Cl)c(Cl)c1. The lowest BCUT2D eigenvalue weighted by Crippen LogP contribution is -2.10. The van der Waals surface area contributed by atoms with Crippen LogP contribution in [-0.2, 0) is 11.3 Å². The van der Waals surface area contributed by atoms with Gasteiger partial charge in [-0.2, -0.15) is 0 Å². The Labute approximate surface area is 143 Å². The largest absolute Gasteiger partial charge is 0.456 e. The van der Waals surface area contributed by atoms with Gasteiger partial charge in [0.1, 0.15) is 12.3 Å². The maximum atomic E-state index is 12.4. The Bertz CT molecular complexity index is 903. The van der Waals surface area contributed by atoms with E-state index in [2.05, 4.69) is 4.98 Å². The lowest BCUT2D eigenvalue weighted by molar-refractivity contribution is 0.0463. The van der Waals surface area contributed by atoms with E-state index >= 15 is 0 Å². The van der Waals surface area contributed by atoms with Gasteiger partial charge in [0, 0.05) is 6.20 Å². The van der Waals surface area contributed by atoms with Gasteiger partial charge in [0.15, 0.2) is 5.69 Å². The van der Waals surface area contributed by atoms with Crippen LogP contribution < -0.4 is 0 Å². The Kier molecular flexibility index (Phi) is 4.28. The van der Waals surface area contributed by atoms with Crippen molar-refractivity contribution in [2.45, 2.75) is 20.5 Å². The van der Waals surface area contributed by atoms with Crippen molar-refractivity contribution < 1.29 is 9.53 Å². The van der Waals surface area contributed by atoms with Crippen LogP contribution in [0.15, 0.2) is 36.5 Å². The summed E-state index contributed by atoms with van der Waals surface area (Å²) in [6.45, 7) is 3.86. The molecule has 0 saturated heterocycles. The third kappa shape index (κ3) is 3.05. The Balaban J connectivity index is 1.85. The minimum atomic E-state index is -0.424. The van der Waals surface area contributed by atoms with Gasteiger partial charge in [-0.3, -0.25) is 4.40 Å². The molecule has 0 aliphatic rings. The number of halogens is 2. The highest BCUT2D eigenvalue weighted by Crippen LogP contribution is 2.23. The molecule has 2 aromatic heterocycles. The van der Waals surface area contributed by atoms with E-state index in [1.807, 2.05) is 19.1 Å². The van der Waals surface area contributed by atoms with Crippen molar-refractivity contribution in [2.75, 3.05) is 0 Å². The summed E-state index contributed by atoms with van der Waals surface area (Å²) in [4.78, 5) is 16.9. The summed E-state index contributed by atoms with van der Waals surface area (Å²) in [5.41, 5.74) is 3.60. The fourth-order valence-corrected chi connectivity index (χ4v) is 2.73. The summed E-state index contributed by atoms with van der Waals surface area (Å²) in [6, 6.07) is 8.96. The third-order valence-corrected chi connectivity index (χ3v) is 4.31. The molecular weight excluding hydrogens is 335 g/mol. The predicted molar refractivity (Wildman–Crippen MR) is 90.2 cm³/mol. The molecular formula is C17H14Cl2N2O2. The first-order valence-corrected chi connectivity index (χ1v) is 7.78. The number of nitrogens with zero attached hydrogens (tertiary/aromatic N) is 2. The zero-order chi connectivity index (χ0) is 16.6. The van der Waals surface area contributed by atoms with E-state index in [0.29, 0.717) is 21.4 Å². The van der Waals surface area contributed by atoms with E-state index in [1.165, 1.54) is 0 Å². The fraction of sp³-hybridized carbons (Fsp3) is 0.176. The molecule has 0 bridgehead atoms. The average molecular weight is 349 g/mol. The summed E-state index contributed by atoms with van der Waals surface area (Å²) < 4.78 is 7.15. The van der Waals surface area contributed by atoms with Crippen LogP contribution in [0.4, 0.5) is 0 Å². The molecule has 23 heavy (non-hydrogen) atoms. The Hall–Kier alpha value is -2.04. The van der Waals surface area contributed by atoms with Crippen molar-refractivity contribution in [3.63, 3.8) is 0 Å². The van der Waals surface area contributed by atoms with Crippen molar-refractivity contribution in [1.29, 1.82) is 0 Å². The van der Waals surface area contributed by atoms with Crippen LogP contribution in [0, 0.1) is 13.8 Å². The molecule has 0 amide bonds. The molecule has 0 aliphatic carbocycles. The molecule has 0 N–H and O–H groups in total. The van der Waals surface area contributed by atoms with Crippen LogP contribution in [0.25, 0.3) is 5.65 Å². The third-order valence-electron chi connectivity index (χ3n) is 3.57. The number of rotatable bonds is 3. The van der Waals surface area contributed by atoms with E-state index in [0.717, 1.165) is 16.8 Å². The van der Waals surface area contributed by atoms with E-state index in [1.54, 1.807) is 35.7 Å². The molecule has 0 fully saturated rings. The molecule has 2 heterocycles. The van der Waals surface area contributed by atoms with Gasteiger partial charge in [0.05, 0.1) is 15.7 Å². The van der Waals surface area contributed by atoms with Gasteiger partial charge in [0.25, 0.3) is 0 Å². The number of carbonyl (C=O) groups excluding carboxylic acids is 1. The highest BCUT2D eigenvalue weighted by atomic mass is 35.5. The van der Waals surface area contributed by atoms with E-state index in [-0.39, 0.29) is 6.61 Å². The van der Waals surface area contributed by atoms with Crippen molar-refractivity contribution in [1.82, 2.24) is 9.38 Å². The second-order valence-corrected chi connectivity index (χ2v) is 6.07. The number of aryl methyl sites for hydroxylation is 2. The number of ether oxygens (including phenoxy) is 1. The number of esters is 1. The molecule has 4 nitrogen and oxygen atoms in total. The number of hydrogen-bond donors (Lipinski definition) is 0. The minimum Gasteiger partial charge on any atom is -0.456 e. The number of imidazole rings is 1. The first-order chi connectivity index (χ1) is 11.0. The summed E-state index contributed by atoms with van der Waals surface area (Å²) in [6.07, 6.45) is 1.80. The zero-order valence-corrected chi connectivity index (χ0v) is 14.1. The summed E-state index contributed by atoms with van der Waals surface area (Å²) in [7, 11) is 0. The molecule has 118 valence electrons. The van der Waals surface area contributed by atoms with Crippen LogP contribution in [0.1, 0.15) is 27.3 Å². The number of carbonyl (C=O) groups is 1. The quantitative estimate of drug-likeness (QED) is 0.649. The van der Waals surface area contributed by atoms with Gasteiger partial charge in [-0.15, -0.1) is 0 Å².